The van der Waals surface area contributed by atoms with Crippen molar-refractivity contribution in [3.05, 3.63) is 53.9 Å². The summed E-state index contributed by atoms with van der Waals surface area (Å²) in [5, 5.41) is 19.5. The van der Waals surface area contributed by atoms with E-state index < -0.39 is 19.9 Å². The molecule has 0 bridgehead atoms. The average molecular weight is 452 g/mol. The Labute approximate surface area is 239 Å². The van der Waals surface area contributed by atoms with Crippen molar-refractivity contribution in [2.24, 2.45) is 7.05 Å². The summed E-state index contributed by atoms with van der Waals surface area (Å²) < 4.78 is 13.1. The van der Waals surface area contributed by atoms with Gasteiger partial charge in [0.05, 0.1) is 0 Å². The van der Waals surface area contributed by atoms with E-state index >= 15 is 0 Å². The van der Waals surface area contributed by atoms with E-state index in [1.807, 2.05) is 37.4 Å². The molecule has 30 heavy (non-hydrogen) atoms. The van der Waals surface area contributed by atoms with Crippen LogP contribution in [0.25, 0.3) is 21.8 Å². The van der Waals surface area contributed by atoms with Gasteiger partial charge in [-0.05, 0) is 24.1 Å². The first-order valence-corrected chi connectivity index (χ1v) is 10.0. The van der Waals surface area contributed by atoms with Crippen LogP contribution in [0, 0.1) is 0 Å². The van der Waals surface area contributed by atoms with Gasteiger partial charge in [0.15, 0.2) is 0 Å². The van der Waals surface area contributed by atoms with Gasteiger partial charge in [-0.3, -0.25) is 10.3 Å². The number of aryl methyl sites for hydroxylation is 1. The minimum Gasteiger partial charge on any atom is -0.810 e. The van der Waals surface area contributed by atoms with Gasteiger partial charge < -0.3 is 29.3 Å². The van der Waals surface area contributed by atoms with Crippen LogP contribution < -0.4 is 109 Å². The summed E-state index contributed by atoms with van der Waals surface area (Å²) in [6.07, 6.45) is -0.298. The first-order chi connectivity index (χ1) is 12.9. The van der Waals surface area contributed by atoms with Gasteiger partial charge in [-0.15, -0.1) is 0 Å². The van der Waals surface area contributed by atoms with Crippen LogP contribution in [0.5, 0.6) is 0 Å². The zero-order valence-electron chi connectivity index (χ0n) is 17.4. The van der Waals surface area contributed by atoms with Crippen molar-refractivity contribution in [2.45, 2.75) is 12.5 Å². The number of para-hydroxylation sites is 1. The molecule has 1 unspecified atom stereocenters. The second-order valence-electron chi connectivity index (χ2n) is 6.39. The van der Waals surface area contributed by atoms with Gasteiger partial charge in [0.2, 0.25) is 0 Å². The Bertz CT molecular complexity index is 1150. The number of nitrogens with zero attached hydrogens (tertiary/aromatic N) is 5. The first kappa shape index (κ1) is 28.5. The van der Waals surface area contributed by atoms with Gasteiger partial charge in [-0.25, -0.2) is 0 Å². The molecule has 0 saturated heterocycles. The molecule has 2 aromatic heterocycles. The van der Waals surface area contributed by atoms with Gasteiger partial charge in [-0.2, -0.15) is 5.21 Å². The molecule has 0 fully saturated rings. The summed E-state index contributed by atoms with van der Waals surface area (Å²) in [4.78, 5) is 22.0. The Hall–Kier alpha value is 0.420. The summed E-state index contributed by atoms with van der Waals surface area (Å²) in [6, 6.07) is 13.6. The van der Waals surface area contributed by atoms with Crippen LogP contribution in [0.15, 0.2) is 42.5 Å². The van der Waals surface area contributed by atoms with Crippen LogP contribution in [0.4, 0.5) is 0 Å². The molecule has 1 atom stereocenters. The zero-order chi connectivity index (χ0) is 19.0. The molecule has 0 saturated carbocycles. The number of hydrogen-bond acceptors (Lipinski definition) is 7. The van der Waals surface area contributed by atoms with Crippen molar-refractivity contribution < 1.29 is 103 Å². The van der Waals surface area contributed by atoms with Gasteiger partial charge in [0.1, 0.15) is 0 Å². The maximum absolute atomic E-state index is 11.0. The number of hydrogen-bond donors (Lipinski definition) is 1. The van der Waals surface area contributed by atoms with Crippen molar-refractivity contribution in [1.82, 2.24) is 30.5 Å². The van der Waals surface area contributed by atoms with Crippen LogP contribution in [0.2, 0.25) is 0 Å². The summed E-state index contributed by atoms with van der Waals surface area (Å²) in [7, 11) is -2.70. The number of rotatable bonds is 6. The molecule has 0 radical (unpaired) electrons. The molecule has 0 aliphatic rings. The fourth-order valence-electron chi connectivity index (χ4n) is 3.34. The molecule has 1 N–H and O–H groups in total. The van der Waals surface area contributed by atoms with E-state index in [2.05, 4.69) is 42.6 Å². The molecule has 9 nitrogen and oxygen atoms in total. The molecule has 140 valence electrons. The van der Waals surface area contributed by atoms with E-state index in [-0.39, 0.29) is 94.5 Å². The monoisotopic (exact) mass is 452 g/mol. The number of fused-ring (bicyclic) bond motifs is 3. The smallest absolute Gasteiger partial charge is 0.810 e. The second-order valence-corrected chi connectivity index (χ2v) is 7.93. The Morgan fingerprint density at radius 3 is 2.47 bits per heavy atom. The van der Waals surface area contributed by atoms with E-state index in [9.17, 15) is 14.4 Å². The molecule has 0 amide bonds. The molecular formula is C17H16N6Na3O3P. The van der Waals surface area contributed by atoms with Gasteiger partial charge in [0.25, 0.3) is 0 Å². The Morgan fingerprint density at radius 1 is 1.10 bits per heavy atom. The maximum Gasteiger partial charge on any atom is 1.00 e. The van der Waals surface area contributed by atoms with Gasteiger partial charge in [0, 0.05) is 47.0 Å². The SMILES string of the molecule is Cn1c2ccccc2c2ccc(CC(NCP(=O)([O-])[O-])c3nnn[n-]3)cc21.[Na+].[Na+].[Na+]. The third kappa shape index (κ3) is 6.48. The summed E-state index contributed by atoms with van der Waals surface area (Å²) in [5.74, 6) is 0.251. The summed E-state index contributed by atoms with van der Waals surface area (Å²) >= 11 is 0. The Balaban J connectivity index is 0.00000150. The molecule has 13 heteroatoms. The van der Waals surface area contributed by atoms with E-state index in [1.165, 1.54) is 5.39 Å². The molecule has 0 aliphatic carbocycles. The van der Waals surface area contributed by atoms with Crippen molar-refractivity contribution in [3.8, 4) is 0 Å². The quantitative estimate of drug-likeness (QED) is 0.225. The standard InChI is InChI=1S/C17H18N6O3P.3Na/c1-23-15-5-3-2-4-12(15)13-7-6-11(9-16(13)23)8-14(17-19-21-22-20-17)18-10-27(24,25)26;;;/h2-7,9,14,18H,8,10H2,1H3,(H2-,19,20,21,22,24,25,26);;;/q-1;3*+1/p-2. The molecule has 4 aromatic rings. The Kier molecular flexibility index (Phi) is 11.4. The molecular weight excluding hydrogens is 436 g/mol. The first-order valence-electron chi connectivity index (χ1n) is 8.31. The predicted molar refractivity (Wildman–Crippen MR) is 95.6 cm³/mol. The number of benzene rings is 2. The van der Waals surface area contributed by atoms with Crippen molar-refractivity contribution in [1.29, 1.82) is 0 Å². The van der Waals surface area contributed by atoms with Crippen molar-refractivity contribution >= 4 is 29.4 Å². The van der Waals surface area contributed by atoms with Crippen LogP contribution in [-0.2, 0) is 18.0 Å². The number of aromatic nitrogens is 5. The number of tetrazole rings is 1. The van der Waals surface area contributed by atoms with E-state index in [0.29, 0.717) is 6.42 Å². The van der Waals surface area contributed by atoms with E-state index in [1.54, 1.807) is 0 Å². The topological polar surface area (TPSA) is 133 Å². The fraction of sp³-hybridized carbons (Fsp3) is 0.235. The third-order valence-electron chi connectivity index (χ3n) is 4.60. The third-order valence-corrected chi connectivity index (χ3v) is 5.17. The molecule has 0 aliphatic heterocycles. The summed E-state index contributed by atoms with van der Waals surface area (Å²) in [5.41, 5.74) is 3.14. The van der Waals surface area contributed by atoms with E-state index in [4.69, 9.17) is 0 Å². The van der Waals surface area contributed by atoms with Gasteiger partial charge in [-0.1, -0.05) is 37.9 Å². The van der Waals surface area contributed by atoms with Crippen LogP contribution in [-0.4, -0.2) is 26.4 Å². The van der Waals surface area contributed by atoms with Crippen molar-refractivity contribution in [3.63, 3.8) is 0 Å². The van der Waals surface area contributed by atoms with Crippen molar-refractivity contribution in [2.75, 3.05) is 6.29 Å². The Morgan fingerprint density at radius 2 is 1.80 bits per heavy atom. The summed E-state index contributed by atoms with van der Waals surface area (Å²) in [6.45, 7) is 0. The van der Waals surface area contributed by atoms with Gasteiger partial charge >= 0.3 is 88.7 Å². The predicted octanol–water partition coefficient (Wildman–Crippen LogP) is -8.77. The molecule has 2 aromatic carbocycles. The average Bonchev–Trinajstić information content (AvgIpc) is 3.26. The zero-order valence-corrected chi connectivity index (χ0v) is 24.3. The van der Waals surface area contributed by atoms with Crippen LogP contribution in [0.3, 0.4) is 0 Å². The minimum atomic E-state index is -4.70. The normalized spacial score (nSPS) is 12.1. The second kappa shape index (κ2) is 12.0. The molecule has 2 heterocycles. The van der Waals surface area contributed by atoms with Crippen LogP contribution in [0.1, 0.15) is 17.4 Å². The van der Waals surface area contributed by atoms with Crippen LogP contribution >= 0.6 is 7.60 Å². The largest absolute Gasteiger partial charge is 1.00 e. The maximum atomic E-state index is 11.0. The van der Waals surface area contributed by atoms with E-state index in [0.717, 1.165) is 22.0 Å². The fourth-order valence-corrected chi connectivity index (χ4v) is 3.78. The number of nitrogens with one attached hydrogen (secondary N) is 1. The molecule has 4 rings (SSSR count). The minimum absolute atomic E-state index is 0. The molecule has 0 spiro atoms.